The lowest BCUT2D eigenvalue weighted by atomic mass is 9.88. The monoisotopic (exact) mass is 382 g/mol. The van der Waals surface area contributed by atoms with Gasteiger partial charge in [0.05, 0.1) is 18.6 Å². The van der Waals surface area contributed by atoms with Crippen LogP contribution < -0.4 is 10.2 Å². The molecule has 2 aromatic rings. The molecule has 1 aliphatic heterocycles. The second kappa shape index (κ2) is 8.04. The molecule has 144 valence electrons. The maximum absolute atomic E-state index is 13.1. The van der Waals surface area contributed by atoms with Crippen molar-refractivity contribution in [3.05, 3.63) is 71.7 Å². The number of hydrogen-bond acceptors (Lipinski definition) is 4. The van der Waals surface area contributed by atoms with E-state index in [4.69, 9.17) is 4.74 Å². The van der Waals surface area contributed by atoms with Gasteiger partial charge in [-0.05, 0) is 43.3 Å². The number of nitrogens with one attached hydrogen (secondary N) is 1. The Morgan fingerprint density at radius 3 is 2.36 bits per heavy atom. The molecule has 2 amide bonds. The fourth-order valence-electron chi connectivity index (χ4n) is 3.23. The summed E-state index contributed by atoms with van der Waals surface area (Å²) in [6.45, 7) is 1.61. The van der Waals surface area contributed by atoms with E-state index in [9.17, 15) is 18.8 Å². The summed E-state index contributed by atoms with van der Waals surface area (Å²) in [5.74, 6) is -2.96. The van der Waals surface area contributed by atoms with Crippen molar-refractivity contribution in [2.24, 2.45) is 5.92 Å². The highest BCUT2D eigenvalue weighted by atomic mass is 19.1. The Hall–Kier alpha value is -3.48. The van der Waals surface area contributed by atoms with Crippen molar-refractivity contribution in [3.8, 4) is 0 Å². The summed E-state index contributed by atoms with van der Waals surface area (Å²) in [5.41, 5.74) is 1.43. The number of hydrogen-bond donors (Lipinski definition) is 1. The minimum Gasteiger partial charge on any atom is -0.466 e. The van der Waals surface area contributed by atoms with E-state index in [1.807, 2.05) is 6.07 Å². The molecule has 0 spiro atoms. The standard InChI is InChI=1S/C21H19FN2O4/c1-13-19(21(27)28-2)17(20(26)23-15-10-8-14(22)9-11-15)12-18(25)24(13)16-6-4-3-5-7-16/h3-11,17H,12H2,1-2H3,(H,23,26)/t17-/m0/s1. The number of allylic oxidation sites excluding steroid dienone is 1. The first kappa shape index (κ1) is 19.3. The van der Waals surface area contributed by atoms with Crippen LogP contribution in [-0.2, 0) is 19.1 Å². The van der Waals surface area contributed by atoms with Crippen LogP contribution in [0.4, 0.5) is 15.8 Å². The van der Waals surface area contributed by atoms with Gasteiger partial charge in [0.1, 0.15) is 5.82 Å². The molecule has 1 aliphatic rings. The second-order valence-electron chi connectivity index (χ2n) is 6.31. The molecule has 0 aromatic heterocycles. The topological polar surface area (TPSA) is 75.7 Å². The average Bonchev–Trinajstić information content (AvgIpc) is 2.69. The van der Waals surface area contributed by atoms with Crippen molar-refractivity contribution in [2.45, 2.75) is 13.3 Å². The molecular formula is C21H19FN2O4. The molecule has 0 aliphatic carbocycles. The highest BCUT2D eigenvalue weighted by molar-refractivity contribution is 6.10. The number of esters is 1. The molecular weight excluding hydrogens is 363 g/mol. The fraction of sp³-hybridized carbons (Fsp3) is 0.190. The smallest absolute Gasteiger partial charge is 0.336 e. The third-order valence-electron chi connectivity index (χ3n) is 4.55. The van der Waals surface area contributed by atoms with Gasteiger partial charge < -0.3 is 10.1 Å². The number of halogens is 1. The van der Waals surface area contributed by atoms with Crippen molar-refractivity contribution in [1.29, 1.82) is 0 Å². The lowest BCUT2D eigenvalue weighted by Crippen LogP contribution is -2.43. The number of ether oxygens (including phenoxy) is 1. The molecule has 1 atom stereocenters. The molecule has 3 rings (SSSR count). The van der Waals surface area contributed by atoms with Crippen molar-refractivity contribution >= 4 is 29.2 Å². The molecule has 6 nitrogen and oxygen atoms in total. The van der Waals surface area contributed by atoms with Gasteiger partial charge in [0.15, 0.2) is 0 Å². The van der Waals surface area contributed by atoms with Gasteiger partial charge in [-0.15, -0.1) is 0 Å². The number of carbonyl (C=O) groups excluding carboxylic acids is 3. The summed E-state index contributed by atoms with van der Waals surface area (Å²) < 4.78 is 17.9. The van der Waals surface area contributed by atoms with Gasteiger partial charge in [-0.1, -0.05) is 18.2 Å². The SMILES string of the molecule is COC(=O)C1=C(C)N(c2ccccc2)C(=O)C[C@@H]1C(=O)Nc1ccc(F)cc1. The number of amides is 2. The van der Waals surface area contributed by atoms with E-state index in [1.54, 1.807) is 31.2 Å². The van der Waals surface area contributed by atoms with Crippen LogP contribution in [0.2, 0.25) is 0 Å². The van der Waals surface area contributed by atoms with Gasteiger partial charge in [0.2, 0.25) is 11.8 Å². The summed E-state index contributed by atoms with van der Waals surface area (Å²) in [5, 5.41) is 2.63. The van der Waals surface area contributed by atoms with E-state index in [1.165, 1.54) is 36.3 Å². The zero-order valence-electron chi connectivity index (χ0n) is 15.4. The predicted molar refractivity (Wildman–Crippen MR) is 102 cm³/mol. The fourth-order valence-corrected chi connectivity index (χ4v) is 3.23. The molecule has 1 heterocycles. The Balaban J connectivity index is 1.97. The third-order valence-corrected chi connectivity index (χ3v) is 4.55. The van der Waals surface area contributed by atoms with Gasteiger partial charge in [0, 0.05) is 23.5 Å². The Bertz CT molecular complexity index is 939. The van der Waals surface area contributed by atoms with Gasteiger partial charge in [0.25, 0.3) is 0 Å². The van der Waals surface area contributed by atoms with Crippen LogP contribution in [0.15, 0.2) is 65.9 Å². The maximum atomic E-state index is 13.1. The lowest BCUT2D eigenvalue weighted by Gasteiger charge is -2.33. The van der Waals surface area contributed by atoms with Crippen molar-refractivity contribution in [2.75, 3.05) is 17.3 Å². The van der Waals surface area contributed by atoms with E-state index < -0.39 is 23.6 Å². The van der Waals surface area contributed by atoms with Crippen LogP contribution >= 0.6 is 0 Å². The molecule has 7 heteroatoms. The van der Waals surface area contributed by atoms with Gasteiger partial charge in [-0.25, -0.2) is 9.18 Å². The number of anilines is 2. The molecule has 0 radical (unpaired) electrons. The Morgan fingerprint density at radius 2 is 1.75 bits per heavy atom. The number of para-hydroxylation sites is 1. The minimum absolute atomic E-state index is 0.116. The number of carbonyl (C=O) groups is 3. The minimum atomic E-state index is -1.01. The van der Waals surface area contributed by atoms with Crippen molar-refractivity contribution in [3.63, 3.8) is 0 Å². The highest BCUT2D eigenvalue weighted by Gasteiger charge is 2.40. The van der Waals surface area contributed by atoms with Crippen LogP contribution in [0.25, 0.3) is 0 Å². The number of rotatable bonds is 4. The zero-order valence-corrected chi connectivity index (χ0v) is 15.4. The largest absolute Gasteiger partial charge is 0.466 e. The average molecular weight is 382 g/mol. The molecule has 1 N–H and O–H groups in total. The molecule has 2 aromatic carbocycles. The Morgan fingerprint density at radius 1 is 1.11 bits per heavy atom. The molecule has 0 bridgehead atoms. The molecule has 0 saturated heterocycles. The quantitative estimate of drug-likeness (QED) is 0.824. The molecule has 0 unspecified atom stereocenters. The normalized spacial score (nSPS) is 16.8. The first-order chi connectivity index (χ1) is 13.4. The zero-order chi connectivity index (χ0) is 20.3. The van der Waals surface area contributed by atoms with E-state index >= 15 is 0 Å². The second-order valence-corrected chi connectivity index (χ2v) is 6.31. The summed E-state index contributed by atoms with van der Waals surface area (Å²) in [4.78, 5) is 39.4. The summed E-state index contributed by atoms with van der Waals surface area (Å²) in [7, 11) is 1.22. The van der Waals surface area contributed by atoms with E-state index in [0.717, 1.165) is 0 Å². The summed E-state index contributed by atoms with van der Waals surface area (Å²) in [6, 6.07) is 14.1. The first-order valence-corrected chi connectivity index (χ1v) is 8.66. The number of methoxy groups -OCH3 is 1. The lowest BCUT2D eigenvalue weighted by molar-refractivity contribution is -0.138. The first-order valence-electron chi connectivity index (χ1n) is 8.66. The number of benzene rings is 2. The van der Waals surface area contributed by atoms with E-state index in [-0.39, 0.29) is 17.9 Å². The molecule has 0 fully saturated rings. The van der Waals surface area contributed by atoms with Crippen LogP contribution in [0.1, 0.15) is 13.3 Å². The highest BCUT2D eigenvalue weighted by Crippen LogP contribution is 2.34. The number of nitrogens with zero attached hydrogens (tertiary/aromatic N) is 1. The van der Waals surface area contributed by atoms with Crippen LogP contribution in [0, 0.1) is 11.7 Å². The van der Waals surface area contributed by atoms with Gasteiger partial charge in [-0.3, -0.25) is 14.5 Å². The van der Waals surface area contributed by atoms with E-state index in [2.05, 4.69) is 5.32 Å². The summed E-state index contributed by atoms with van der Waals surface area (Å²) in [6.07, 6.45) is -0.191. The van der Waals surface area contributed by atoms with Crippen molar-refractivity contribution in [1.82, 2.24) is 0 Å². The van der Waals surface area contributed by atoms with Crippen LogP contribution in [0.3, 0.4) is 0 Å². The van der Waals surface area contributed by atoms with Crippen molar-refractivity contribution < 1.29 is 23.5 Å². The Kier molecular flexibility index (Phi) is 5.54. The molecule has 0 saturated carbocycles. The molecule has 28 heavy (non-hydrogen) atoms. The van der Waals surface area contributed by atoms with Gasteiger partial charge >= 0.3 is 5.97 Å². The van der Waals surface area contributed by atoms with E-state index in [0.29, 0.717) is 17.1 Å². The maximum Gasteiger partial charge on any atom is 0.336 e. The Labute approximate surface area is 161 Å². The third kappa shape index (κ3) is 3.78. The summed E-state index contributed by atoms with van der Waals surface area (Å²) >= 11 is 0. The van der Waals surface area contributed by atoms with Crippen LogP contribution in [-0.4, -0.2) is 24.9 Å². The predicted octanol–water partition coefficient (Wildman–Crippen LogP) is 3.26. The van der Waals surface area contributed by atoms with Crippen LogP contribution in [0.5, 0.6) is 0 Å². The van der Waals surface area contributed by atoms with Gasteiger partial charge in [-0.2, -0.15) is 0 Å².